The molecule has 2 aliphatic carbocycles. The van der Waals surface area contributed by atoms with Gasteiger partial charge in [-0.25, -0.2) is 10.4 Å². The number of nitrogens with two attached hydrogens (primary N) is 1. The molecule has 1 aliphatic heterocycles. The van der Waals surface area contributed by atoms with E-state index in [1.54, 1.807) is 13.1 Å². The van der Waals surface area contributed by atoms with Crippen LogP contribution in [0.25, 0.3) is 0 Å². The third-order valence-corrected chi connectivity index (χ3v) is 4.54. The van der Waals surface area contributed by atoms with Crippen LogP contribution in [0.5, 0.6) is 0 Å². The third kappa shape index (κ3) is 1.75. The van der Waals surface area contributed by atoms with Gasteiger partial charge in [0.1, 0.15) is 0 Å². The molecule has 2 bridgehead atoms. The highest BCUT2D eigenvalue weighted by Gasteiger charge is 2.59. The minimum atomic E-state index is -0.778. The minimum Gasteiger partial charge on any atom is -0.424 e. The van der Waals surface area contributed by atoms with Gasteiger partial charge in [0.25, 0.3) is 6.35 Å². The van der Waals surface area contributed by atoms with Gasteiger partial charge in [0.2, 0.25) is 0 Å². The molecule has 0 aromatic heterocycles. The quantitative estimate of drug-likeness (QED) is 0.243. The number of ether oxygens (including phenoxy) is 2. The summed E-state index contributed by atoms with van der Waals surface area (Å²) in [5, 5.41) is 0. The van der Waals surface area contributed by atoms with E-state index in [2.05, 4.69) is 10.4 Å². The fraction of sp³-hybridized carbons (Fsp3) is 0.833. The monoisotopic (exact) mass is 253 g/mol. The first kappa shape index (κ1) is 12.1. The Bertz CT molecular complexity index is 372. The molecule has 1 heterocycles. The lowest BCUT2D eigenvalue weighted by molar-refractivity contribution is -0.158. The van der Waals surface area contributed by atoms with Gasteiger partial charge in [-0.1, -0.05) is 0 Å². The second kappa shape index (κ2) is 4.60. The van der Waals surface area contributed by atoms with Gasteiger partial charge in [-0.05, 0) is 31.6 Å². The number of esters is 1. The molecule has 2 saturated carbocycles. The van der Waals surface area contributed by atoms with Crippen LogP contribution in [0.4, 0.5) is 0 Å². The molecule has 3 N–H and O–H groups in total. The normalized spacial score (nSPS) is 42.7. The maximum atomic E-state index is 12.2. The summed E-state index contributed by atoms with van der Waals surface area (Å²) in [5.41, 5.74) is 2.37. The fourth-order valence-corrected chi connectivity index (χ4v) is 3.88. The van der Waals surface area contributed by atoms with E-state index in [1.807, 2.05) is 0 Å². The van der Waals surface area contributed by atoms with Crippen LogP contribution in [0.2, 0.25) is 0 Å². The summed E-state index contributed by atoms with van der Waals surface area (Å²) >= 11 is 0. The zero-order valence-corrected chi connectivity index (χ0v) is 10.4. The van der Waals surface area contributed by atoms with E-state index >= 15 is 0 Å². The average Bonchev–Trinajstić information content (AvgIpc) is 2.96. The van der Waals surface area contributed by atoms with Crippen LogP contribution in [0, 0.1) is 23.7 Å². The van der Waals surface area contributed by atoms with Crippen LogP contribution < -0.4 is 11.3 Å². The number of hydrazine groups is 1. The predicted octanol–water partition coefficient (Wildman–Crippen LogP) is 0.0382. The largest absolute Gasteiger partial charge is 0.424 e. The zero-order valence-electron chi connectivity index (χ0n) is 10.4. The Morgan fingerprint density at radius 2 is 2.39 bits per heavy atom. The van der Waals surface area contributed by atoms with Crippen molar-refractivity contribution >= 4 is 12.2 Å². The predicted molar refractivity (Wildman–Crippen MR) is 64.3 cm³/mol. The number of nitrogens with one attached hydrogen (secondary N) is 1. The van der Waals surface area contributed by atoms with Crippen molar-refractivity contribution in [1.29, 1.82) is 0 Å². The SMILES string of the molecule is CC=NC(NN)OC(=O)C1C2CC3OCC1C3C2. The Labute approximate surface area is 106 Å². The van der Waals surface area contributed by atoms with Gasteiger partial charge in [0, 0.05) is 12.1 Å². The Morgan fingerprint density at radius 1 is 1.56 bits per heavy atom. The number of rotatable bonds is 4. The molecule has 1 saturated heterocycles. The second-order valence-electron chi connectivity index (χ2n) is 5.32. The van der Waals surface area contributed by atoms with Crippen LogP contribution in [-0.2, 0) is 14.3 Å². The summed E-state index contributed by atoms with van der Waals surface area (Å²) < 4.78 is 11.0. The zero-order chi connectivity index (χ0) is 12.7. The van der Waals surface area contributed by atoms with Crippen molar-refractivity contribution in [3.8, 4) is 0 Å². The Kier molecular flexibility index (Phi) is 3.09. The van der Waals surface area contributed by atoms with E-state index in [4.69, 9.17) is 15.3 Å². The van der Waals surface area contributed by atoms with Gasteiger partial charge in [-0.2, -0.15) is 0 Å². The Hall–Kier alpha value is -0.980. The standard InChI is InChI=1S/C12H19N3O3/c1-2-14-12(15-13)18-11(16)10-6-3-7-8(10)5-17-9(7)4-6/h2,6-10,12,15H,3-5,13H2,1H3. The van der Waals surface area contributed by atoms with Crippen molar-refractivity contribution in [2.75, 3.05) is 6.61 Å². The number of nitrogens with zero attached hydrogens (tertiary/aromatic N) is 1. The first-order valence-corrected chi connectivity index (χ1v) is 6.50. The molecule has 6 unspecified atom stereocenters. The van der Waals surface area contributed by atoms with Crippen molar-refractivity contribution in [3.63, 3.8) is 0 Å². The lowest BCUT2D eigenvalue weighted by Crippen LogP contribution is -2.41. The molecule has 0 amide bonds. The molecular weight excluding hydrogens is 234 g/mol. The highest BCUT2D eigenvalue weighted by Crippen LogP contribution is 2.57. The smallest absolute Gasteiger partial charge is 0.312 e. The summed E-state index contributed by atoms with van der Waals surface area (Å²) in [5.74, 6) is 6.39. The van der Waals surface area contributed by atoms with Crippen molar-refractivity contribution < 1.29 is 14.3 Å². The molecule has 0 aromatic carbocycles. The molecule has 6 heteroatoms. The lowest BCUT2D eigenvalue weighted by Gasteiger charge is -2.25. The van der Waals surface area contributed by atoms with Gasteiger partial charge >= 0.3 is 5.97 Å². The summed E-state index contributed by atoms with van der Waals surface area (Å²) in [6.45, 7) is 2.45. The van der Waals surface area contributed by atoms with Gasteiger partial charge in [-0.3, -0.25) is 10.6 Å². The van der Waals surface area contributed by atoms with E-state index in [0.717, 1.165) is 12.8 Å². The van der Waals surface area contributed by atoms with E-state index < -0.39 is 6.35 Å². The first-order valence-electron chi connectivity index (χ1n) is 6.50. The average molecular weight is 253 g/mol. The topological polar surface area (TPSA) is 85.9 Å². The molecule has 100 valence electrons. The minimum absolute atomic E-state index is 0.0309. The molecule has 3 rings (SSSR count). The molecule has 0 aromatic rings. The molecule has 18 heavy (non-hydrogen) atoms. The maximum Gasteiger partial charge on any atom is 0.312 e. The van der Waals surface area contributed by atoms with Crippen LogP contribution in [0.3, 0.4) is 0 Å². The van der Waals surface area contributed by atoms with Gasteiger partial charge < -0.3 is 9.47 Å². The Balaban J connectivity index is 1.67. The van der Waals surface area contributed by atoms with Crippen molar-refractivity contribution in [1.82, 2.24) is 5.43 Å². The lowest BCUT2D eigenvalue weighted by atomic mass is 9.80. The number of aliphatic imine (C=N–C) groups is 1. The summed E-state index contributed by atoms with van der Waals surface area (Å²) in [4.78, 5) is 16.2. The fourth-order valence-electron chi connectivity index (χ4n) is 3.88. The van der Waals surface area contributed by atoms with Crippen molar-refractivity contribution in [2.24, 2.45) is 34.5 Å². The molecule has 3 aliphatic rings. The molecular formula is C12H19N3O3. The van der Waals surface area contributed by atoms with E-state index in [0.29, 0.717) is 30.5 Å². The van der Waals surface area contributed by atoms with Crippen molar-refractivity contribution in [2.45, 2.75) is 32.2 Å². The van der Waals surface area contributed by atoms with Crippen LogP contribution >= 0.6 is 0 Å². The molecule has 3 fully saturated rings. The summed E-state index contributed by atoms with van der Waals surface area (Å²) in [6, 6.07) is 0. The maximum absolute atomic E-state index is 12.2. The van der Waals surface area contributed by atoms with Crippen LogP contribution in [-0.4, -0.2) is 31.2 Å². The summed E-state index contributed by atoms with van der Waals surface area (Å²) in [6.07, 6.45) is 3.28. The number of hydrogen-bond donors (Lipinski definition) is 2. The summed E-state index contributed by atoms with van der Waals surface area (Å²) in [7, 11) is 0. The Morgan fingerprint density at radius 3 is 3.11 bits per heavy atom. The van der Waals surface area contributed by atoms with Gasteiger partial charge in [-0.15, -0.1) is 0 Å². The first-order chi connectivity index (χ1) is 8.74. The highest BCUT2D eigenvalue weighted by atomic mass is 16.6. The van der Waals surface area contributed by atoms with E-state index in [-0.39, 0.29) is 11.9 Å². The molecule has 0 spiro atoms. The van der Waals surface area contributed by atoms with Gasteiger partial charge in [0.05, 0.1) is 18.6 Å². The number of carbonyl (C=O) groups excluding carboxylic acids is 1. The molecule has 0 radical (unpaired) electrons. The number of carbonyl (C=O) groups is 1. The number of fused-ring (bicyclic) bond motifs is 1. The van der Waals surface area contributed by atoms with E-state index in [9.17, 15) is 4.79 Å². The van der Waals surface area contributed by atoms with E-state index in [1.165, 1.54) is 0 Å². The second-order valence-corrected chi connectivity index (χ2v) is 5.32. The molecule has 6 atom stereocenters. The third-order valence-electron chi connectivity index (χ3n) is 4.54. The van der Waals surface area contributed by atoms with Crippen LogP contribution in [0.15, 0.2) is 4.99 Å². The molecule has 6 nitrogen and oxygen atoms in total. The van der Waals surface area contributed by atoms with Gasteiger partial charge in [0.15, 0.2) is 0 Å². The van der Waals surface area contributed by atoms with Crippen LogP contribution in [0.1, 0.15) is 19.8 Å². The highest BCUT2D eigenvalue weighted by molar-refractivity contribution is 5.74. The van der Waals surface area contributed by atoms with Crippen molar-refractivity contribution in [3.05, 3.63) is 0 Å². The number of hydrogen-bond acceptors (Lipinski definition) is 6.